The Morgan fingerprint density at radius 2 is 2.15 bits per heavy atom. The Hall–Kier alpha value is -1.16. The molecular formula is C9H10F2O2. The Morgan fingerprint density at radius 3 is 2.69 bits per heavy atom. The van der Waals surface area contributed by atoms with Crippen LogP contribution < -0.4 is 4.74 Å². The maximum Gasteiger partial charge on any atom is 0.167 e. The molecule has 1 rings (SSSR count). The molecule has 0 aliphatic rings. The highest BCUT2D eigenvalue weighted by atomic mass is 19.1. The molecule has 2 nitrogen and oxygen atoms in total. The molecule has 0 saturated carbocycles. The zero-order valence-electron chi connectivity index (χ0n) is 7.13. The van der Waals surface area contributed by atoms with Gasteiger partial charge in [-0.15, -0.1) is 0 Å². The van der Waals surface area contributed by atoms with E-state index in [9.17, 15) is 8.78 Å². The van der Waals surface area contributed by atoms with E-state index in [0.29, 0.717) is 0 Å². The fraction of sp³-hybridized carbons (Fsp3) is 0.333. The Bertz CT molecular complexity index is 287. The van der Waals surface area contributed by atoms with Gasteiger partial charge in [0.05, 0.1) is 6.10 Å². The first-order chi connectivity index (χ1) is 6.09. The van der Waals surface area contributed by atoms with E-state index >= 15 is 0 Å². The first-order valence-electron chi connectivity index (χ1n) is 3.85. The third-order valence-corrected chi connectivity index (χ3v) is 1.37. The van der Waals surface area contributed by atoms with Crippen LogP contribution in [0.4, 0.5) is 8.78 Å². The van der Waals surface area contributed by atoms with Crippen molar-refractivity contribution in [2.24, 2.45) is 0 Å². The maximum absolute atomic E-state index is 12.9. The summed E-state index contributed by atoms with van der Waals surface area (Å²) in [4.78, 5) is 0. The van der Waals surface area contributed by atoms with Gasteiger partial charge in [-0.05, 0) is 19.1 Å². The Morgan fingerprint density at radius 1 is 1.46 bits per heavy atom. The van der Waals surface area contributed by atoms with Gasteiger partial charge in [0, 0.05) is 6.07 Å². The summed E-state index contributed by atoms with van der Waals surface area (Å²) in [5.74, 6) is -1.47. The van der Waals surface area contributed by atoms with E-state index < -0.39 is 17.7 Å². The van der Waals surface area contributed by atoms with Crippen LogP contribution in [0.2, 0.25) is 0 Å². The summed E-state index contributed by atoms with van der Waals surface area (Å²) < 4.78 is 30.1. The lowest BCUT2D eigenvalue weighted by Crippen LogP contribution is -2.13. The molecule has 0 radical (unpaired) electrons. The zero-order valence-corrected chi connectivity index (χ0v) is 7.13. The van der Waals surface area contributed by atoms with Crippen molar-refractivity contribution in [1.82, 2.24) is 0 Å². The van der Waals surface area contributed by atoms with Crippen molar-refractivity contribution in [2.45, 2.75) is 13.0 Å². The molecule has 0 unspecified atom stereocenters. The molecule has 0 bridgehead atoms. The number of hydrogen-bond donors (Lipinski definition) is 1. The summed E-state index contributed by atoms with van der Waals surface area (Å²) in [5.41, 5.74) is 0. The van der Waals surface area contributed by atoms with Crippen molar-refractivity contribution in [3.63, 3.8) is 0 Å². The lowest BCUT2D eigenvalue weighted by molar-refractivity contribution is 0.120. The summed E-state index contributed by atoms with van der Waals surface area (Å²) in [7, 11) is 0. The van der Waals surface area contributed by atoms with Crippen molar-refractivity contribution in [1.29, 1.82) is 0 Å². The summed E-state index contributed by atoms with van der Waals surface area (Å²) in [6.07, 6.45) is -0.676. The largest absolute Gasteiger partial charge is 0.488 e. The minimum absolute atomic E-state index is 0.0114. The molecule has 0 aromatic heterocycles. The topological polar surface area (TPSA) is 29.5 Å². The number of benzene rings is 1. The maximum atomic E-state index is 12.9. The highest BCUT2D eigenvalue weighted by molar-refractivity contribution is 5.24. The van der Waals surface area contributed by atoms with Gasteiger partial charge in [-0.2, -0.15) is 0 Å². The van der Waals surface area contributed by atoms with Crippen LogP contribution in [0.25, 0.3) is 0 Å². The van der Waals surface area contributed by atoms with Crippen molar-refractivity contribution in [3.05, 3.63) is 29.8 Å². The number of ether oxygens (including phenoxy) is 1. The molecule has 1 aromatic carbocycles. The van der Waals surface area contributed by atoms with Crippen LogP contribution in [0.3, 0.4) is 0 Å². The van der Waals surface area contributed by atoms with E-state index in [2.05, 4.69) is 0 Å². The van der Waals surface area contributed by atoms with E-state index in [0.717, 1.165) is 12.1 Å². The van der Waals surface area contributed by atoms with Crippen molar-refractivity contribution >= 4 is 0 Å². The van der Waals surface area contributed by atoms with Gasteiger partial charge < -0.3 is 9.84 Å². The van der Waals surface area contributed by atoms with Crippen LogP contribution in [0.15, 0.2) is 18.2 Å². The zero-order chi connectivity index (χ0) is 9.84. The smallest absolute Gasteiger partial charge is 0.167 e. The van der Waals surface area contributed by atoms with Gasteiger partial charge in [0.1, 0.15) is 12.4 Å². The predicted molar refractivity (Wildman–Crippen MR) is 43.5 cm³/mol. The van der Waals surface area contributed by atoms with Crippen LogP contribution in [-0.4, -0.2) is 17.8 Å². The average molecular weight is 188 g/mol. The Balaban J connectivity index is 2.67. The van der Waals surface area contributed by atoms with Crippen molar-refractivity contribution in [2.75, 3.05) is 6.61 Å². The molecule has 0 fully saturated rings. The first-order valence-corrected chi connectivity index (χ1v) is 3.85. The number of hydrogen-bond acceptors (Lipinski definition) is 2. The highest BCUT2D eigenvalue weighted by Gasteiger charge is 2.05. The molecule has 13 heavy (non-hydrogen) atoms. The molecule has 0 spiro atoms. The van der Waals surface area contributed by atoms with Gasteiger partial charge >= 0.3 is 0 Å². The van der Waals surface area contributed by atoms with Gasteiger partial charge in [0.2, 0.25) is 0 Å². The van der Waals surface area contributed by atoms with Crippen molar-refractivity contribution in [3.8, 4) is 5.75 Å². The first kappa shape index (κ1) is 9.92. The Kier molecular flexibility index (Phi) is 3.19. The molecular weight excluding hydrogens is 178 g/mol. The lowest BCUT2D eigenvalue weighted by Gasteiger charge is -2.08. The summed E-state index contributed by atoms with van der Waals surface area (Å²) >= 11 is 0. The molecule has 0 saturated heterocycles. The third-order valence-electron chi connectivity index (χ3n) is 1.37. The molecule has 4 heteroatoms. The molecule has 1 N–H and O–H groups in total. The molecule has 0 aliphatic carbocycles. The van der Waals surface area contributed by atoms with E-state index in [1.165, 1.54) is 13.0 Å². The molecule has 0 aliphatic heterocycles. The normalized spacial score (nSPS) is 12.6. The van der Waals surface area contributed by atoms with E-state index in [1.807, 2.05) is 0 Å². The lowest BCUT2D eigenvalue weighted by atomic mass is 10.3. The number of halogens is 2. The van der Waals surface area contributed by atoms with Gasteiger partial charge in [0.25, 0.3) is 0 Å². The number of aliphatic hydroxyl groups excluding tert-OH is 1. The second-order valence-corrected chi connectivity index (χ2v) is 2.73. The average Bonchev–Trinajstić information content (AvgIpc) is 2.02. The van der Waals surface area contributed by atoms with Crippen LogP contribution in [0.1, 0.15) is 6.92 Å². The summed E-state index contributed by atoms with van der Waals surface area (Å²) in [6, 6.07) is 3.02. The Labute approximate surface area is 74.8 Å². The van der Waals surface area contributed by atoms with E-state index in [-0.39, 0.29) is 12.4 Å². The molecule has 1 aromatic rings. The minimum Gasteiger partial charge on any atom is -0.488 e. The molecule has 0 heterocycles. The predicted octanol–water partition coefficient (Wildman–Crippen LogP) is 1.72. The summed E-state index contributed by atoms with van der Waals surface area (Å²) in [6.45, 7) is 1.50. The number of aliphatic hydroxyl groups is 1. The minimum atomic E-state index is -0.763. The van der Waals surface area contributed by atoms with E-state index in [4.69, 9.17) is 9.84 Å². The highest BCUT2D eigenvalue weighted by Crippen LogP contribution is 2.17. The number of rotatable bonds is 3. The van der Waals surface area contributed by atoms with Gasteiger partial charge in [-0.3, -0.25) is 0 Å². The second-order valence-electron chi connectivity index (χ2n) is 2.73. The monoisotopic (exact) mass is 188 g/mol. The fourth-order valence-electron chi connectivity index (χ4n) is 0.803. The second kappa shape index (κ2) is 4.18. The molecule has 72 valence electrons. The quantitative estimate of drug-likeness (QED) is 0.782. The fourth-order valence-corrected chi connectivity index (χ4v) is 0.803. The summed E-state index contributed by atoms with van der Waals surface area (Å²) in [5, 5.41) is 8.84. The molecule has 0 amide bonds. The van der Waals surface area contributed by atoms with Gasteiger partial charge in [-0.25, -0.2) is 8.78 Å². The third kappa shape index (κ3) is 2.99. The van der Waals surface area contributed by atoms with E-state index in [1.54, 1.807) is 0 Å². The van der Waals surface area contributed by atoms with Gasteiger partial charge in [-0.1, -0.05) is 0 Å². The van der Waals surface area contributed by atoms with Gasteiger partial charge in [0.15, 0.2) is 11.6 Å². The SMILES string of the molecule is C[C@H](O)COc1ccc(F)cc1F. The van der Waals surface area contributed by atoms with Crippen molar-refractivity contribution < 1.29 is 18.6 Å². The van der Waals surface area contributed by atoms with Crippen LogP contribution in [0, 0.1) is 11.6 Å². The van der Waals surface area contributed by atoms with Crippen LogP contribution >= 0.6 is 0 Å². The standard InChI is InChI=1S/C9H10F2O2/c1-6(12)5-13-9-3-2-7(10)4-8(9)11/h2-4,6,12H,5H2,1H3/t6-/m0/s1. The molecule has 1 atom stereocenters. The van der Waals surface area contributed by atoms with Crippen LogP contribution in [0.5, 0.6) is 5.75 Å². The van der Waals surface area contributed by atoms with Crippen LogP contribution in [-0.2, 0) is 0 Å².